The summed E-state index contributed by atoms with van der Waals surface area (Å²) in [7, 11) is 0. The van der Waals surface area contributed by atoms with Crippen LogP contribution in [-0.2, 0) is 22.7 Å². The molecule has 1 saturated carbocycles. The van der Waals surface area contributed by atoms with Gasteiger partial charge in [-0.25, -0.2) is 4.98 Å². The van der Waals surface area contributed by atoms with E-state index in [1.165, 1.54) is 32.1 Å². The van der Waals surface area contributed by atoms with Crippen LogP contribution in [0.2, 0.25) is 0 Å². The Bertz CT molecular complexity index is 1370. The molecule has 0 aliphatic heterocycles. The fourth-order valence-electron chi connectivity index (χ4n) is 5.32. The van der Waals surface area contributed by atoms with Crippen molar-refractivity contribution in [1.82, 2.24) is 40.9 Å². The zero-order valence-electron chi connectivity index (χ0n) is 26.5. The van der Waals surface area contributed by atoms with E-state index >= 15 is 0 Å². The number of carboxylic acids is 1. The second kappa shape index (κ2) is 18.9. The molecule has 46 heavy (non-hydrogen) atoms. The minimum atomic E-state index is -1.16. The number of carbonyl (C=O) groups is 2. The Morgan fingerprint density at radius 3 is 2.65 bits per heavy atom. The van der Waals surface area contributed by atoms with Gasteiger partial charge in [-0.3, -0.25) is 14.3 Å². The number of rotatable bonds is 21. The number of aliphatic carboxylic acids is 1. The average Bonchev–Trinajstić information content (AvgIpc) is 3.53. The van der Waals surface area contributed by atoms with Gasteiger partial charge in [-0.1, -0.05) is 36.6 Å². The Morgan fingerprint density at radius 2 is 1.83 bits per heavy atom. The van der Waals surface area contributed by atoms with E-state index in [1.807, 2.05) is 35.1 Å². The maximum atomic E-state index is 12.0. The number of benzene rings is 1. The van der Waals surface area contributed by atoms with Crippen LogP contribution in [0.25, 0.3) is 10.9 Å². The van der Waals surface area contributed by atoms with Crippen molar-refractivity contribution in [3.8, 4) is 0 Å². The number of nitrogens with one attached hydrogen (secondary N) is 5. The number of aliphatic hydroxyl groups is 1. The first-order valence-corrected chi connectivity index (χ1v) is 16.4. The number of hydrogen-bond acceptors (Lipinski definition) is 12. The third kappa shape index (κ3) is 12.1. The summed E-state index contributed by atoms with van der Waals surface area (Å²) < 4.78 is 1.85. The van der Waals surface area contributed by atoms with Gasteiger partial charge in [0.15, 0.2) is 0 Å². The van der Waals surface area contributed by atoms with Crippen LogP contribution >= 0.6 is 0 Å². The lowest BCUT2D eigenvalue weighted by Gasteiger charge is -2.22. The first-order valence-electron chi connectivity index (χ1n) is 16.4. The fourth-order valence-corrected chi connectivity index (χ4v) is 5.32. The lowest BCUT2D eigenvalue weighted by atomic mass is 9.95. The number of nitrogens with two attached hydrogens (primary N) is 1. The van der Waals surface area contributed by atoms with E-state index in [2.05, 4.69) is 46.9 Å². The van der Waals surface area contributed by atoms with E-state index in [0.717, 1.165) is 61.7 Å². The molecule has 15 nitrogen and oxygen atoms in total. The van der Waals surface area contributed by atoms with E-state index in [4.69, 9.17) is 10.8 Å². The van der Waals surface area contributed by atoms with Crippen molar-refractivity contribution in [3.63, 3.8) is 0 Å². The Morgan fingerprint density at radius 1 is 1.02 bits per heavy atom. The van der Waals surface area contributed by atoms with E-state index < -0.39 is 18.1 Å². The van der Waals surface area contributed by atoms with Crippen LogP contribution in [0.5, 0.6) is 0 Å². The molecular formula is C31H49N11O4. The summed E-state index contributed by atoms with van der Waals surface area (Å²) in [4.78, 5) is 32.0. The molecule has 2 aromatic heterocycles. The van der Waals surface area contributed by atoms with Gasteiger partial charge in [0, 0.05) is 37.5 Å². The highest BCUT2D eigenvalue weighted by molar-refractivity contribution is 5.90. The molecule has 0 spiro atoms. The van der Waals surface area contributed by atoms with Crippen molar-refractivity contribution in [3.05, 3.63) is 36.2 Å². The van der Waals surface area contributed by atoms with Crippen LogP contribution in [0.4, 0.5) is 11.8 Å². The second-order valence-corrected chi connectivity index (χ2v) is 11.8. The summed E-state index contributed by atoms with van der Waals surface area (Å²) in [5.74, 6) is -0.602. The molecule has 1 aliphatic rings. The van der Waals surface area contributed by atoms with Crippen LogP contribution in [-0.4, -0.2) is 98.0 Å². The van der Waals surface area contributed by atoms with Crippen LogP contribution < -0.4 is 32.3 Å². The monoisotopic (exact) mass is 639 g/mol. The highest BCUT2D eigenvalue weighted by Crippen LogP contribution is 2.22. The zero-order chi connectivity index (χ0) is 32.6. The van der Waals surface area contributed by atoms with Crippen molar-refractivity contribution in [2.75, 3.05) is 43.4 Å². The molecule has 4 rings (SSSR count). The lowest BCUT2D eigenvalue weighted by molar-refractivity contribution is -0.138. The van der Waals surface area contributed by atoms with Crippen molar-refractivity contribution in [2.45, 2.75) is 89.1 Å². The number of carboxylic acid groups (broad SMARTS) is 1. The number of anilines is 2. The SMILES string of the molecule is N[C@@H](CCC(=O)NC[C@@H](O)CNc1nc(NCc2cn(CCCNCCCNC3CCCCC3)nn2)nc2ccccc12)C(=O)O. The Balaban J connectivity index is 1.16. The minimum Gasteiger partial charge on any atom is -0.480 e. The summed E-state index contributed by atoms with van der Waals surface area (Å²) in [5.41, 5.74) is 6.92. The maximum absolute atomic E-state index is 12.0. The topological polar surface area (TPSA) is 217 Å². The molecule has 2 heterocycles. The first kappa shape index (κ1) is 34.9. The smallest absolute Gasteiger partial charge is 0.320 e. The molecule has 252 valence electrons. The number of aliphatic hydroxyl groups excluding tert-OH is 1. The van der Waals surface area contributed by atoms with Gasteiger partial charge in [0.1, 0.15) is 17.6 Å². The van der Waals surface area contributed by atoms with Gasteiger partial charge in [0.25, 0.3) is 0 Å². The van der Waals surface area contributed by atoms with E-state index in [9.17, 15) is 14.7 Å². The van der Waals surface area contributed by atoms with Gasteiger partial charge in [0.05, 0.1) is 24.4 Å². The van der Waals surface area contributed by atoms with Crippen molar-refractivity contribution >= 4 is 34.5 Å². The van der Waals surface area contributed by atoms with Gasteiger partial charge in [-0.05, 0) is 63.9 Å². The number of fused-ring (bicyclic) bond motifs is 1. The van der Waals surface area contributed by atoms with Gasteiger partial charge < -0.3 is 42.5 Å². The molecule has 0 bridgehead atoms. The molecule has 1 aromatic carbocycles. The maximum Gasteiger partial charge on any atom is 0.320 e. The lowest BCUT2D eigenvalue weighted by Crippen LogP contribution is -2.37. The van der Waals surface area contributed by atoms with Crippen LogP contribution in [0.1, 0.15) is 63.5 Å². The Labute approximate surface area is 269 Å². The first-order chi connectivity index (χ1) is 22.4. The Hall–Kier alpha value is -3.92. The highest BCUT2D eigenvalue weighted by Gasteiger charge is 2.15. The number of carbonyl (C=O) groups excluding carboxylic acids is 1. The second-order valence-electron chi connectivity index (χ2n) is 11.8. The molecule has 0 saturated heterocycles. The number of amides is 1. The van der Waals surface area contributed by atoms with Crippen LogP contribution in [0.3, 0.4) is 0 Å². The average molecular weight is 640 g/mol. The molecular weight excluding hydrogens is 590 g/mol. The molecule has 0 radical (unpaired) electrons. The molecule has 1 amide bonds. The van der Waals surface area contributed by atoms with Gasteiger partial charge >= 0.3 is 5.97 Å². The minimum absolute atomic E-state index is 0.00809. The third-order valence-electron chi connectivity index (χ3n) is 7.97. The standard InChI is InChI=1S/C31H49N11O4/c32-26(30(45)46)12-13-28(44)35-19-24(43)20-36-29-25-10-4-5-11-27(25)38-31(39-29)37-18-23-21-42(41-40-23)17-7-15-33-14-6-16-34-22-8-2-1-3-9-22/h4-5,10-11,21-22,24,26,33-34,43H,1-3,6-9,12-20,32H2,(H,35,44)(H,45,46)(H2,36,37,38,39)/t24-,26+/m1/s1. The van der Waals surface area contributed by atoms with Crippen molar-refractivity contribution in [1.29, 1.82) is 0 Å². The van der Waals surface area contributed by atoms with Crippen LogP contribution in [0.15, 0.2) is 30.5 Å². The van der Waals surface area contributed by atoms with Gasteiger partial charge in [-0.2, -0.15) is 4.98 Å². The third-order valence-corrected chi connectivity index (χ3v) is 7.97. The molecule has 0 unspecified atom stereocenters. The number of aryl methyl sites for hydroxylation is 1. The van der Waals surface area contributed by atoms with Crippen molar-refractivity contribution < 1.29 is 19.8 Å². The summed E-state index contributed by atoms with van der Waals surface area (Å²) in [6.07, 6.45) is 9.84. The predicted molar refractivity (Wildman–Crippen MR) is 176 cm³/mol. The fraction of sp³-hybridized carbons (Fsp3) is 0.613. The molecule has 1 aliphatic carbocycles. The molecule has 2 atom stereocenters. The molecule has 3 aromatic rings. The molecule has 1 fully saturated rings. The van der Waals surface area contributed by atoms with Crippen molar-refractivity contribution in [2.24, 2.45) is 5.73 Å². The summed E-state index contributed by atoms with van der Waals surface area (Å²) in [5, 5.41) is 44.7. The quantitative estimate of drug-likeness (QED) is 0.0770. The largest absolute Gasteiger partial charge is 0.480 e. The van der Waals surface area contributed by atoms with E-state index in [1.54, 1.807) is 0 Å². The predicted octanol–water partition coefficient (Wildman–Crippen LogP) is 1.21. The summed E-state index contributed by atoms with van der Waals surface area (Å²) >= 11 is 0. The summed E-state index contributed by atoms with van der Waals surface area (Å²) in [6, 6.07) is 7.15. The van der Waals surface area contributed by atoms with Crippen LogP contribution in [0, 0.1) is 0 Å². The number of aromatic nitrogens is 5. The number of hydrogen-bond donors (Lipinski definition) is 8. The molecule has 9 N–H and O–H groups in total. The Kier molecular flexibility index (Phi) is 14.4. The zero-order valence-corrected chi connectivity index (χ0v) is 26.5. The van der Waals surface area contributed by atoms with E-state index in [0.29, 0.717) is 18.3 Å². The van der Waals surface area contributed by atoms with Gasteiger partial charge in [-0.15, -0.1) is 5.10 Å². The molecule has 15 heteroatoms. The summed E-state index contributed by atoms with van der Waals surface area (Å²) in [6.45, 7) is 4.30. The van der Waals surface area contributed by atoms with Gasteiger partial charge in [0.2, 0.25) is 11.9 Å². The highest BCUT2D eigenvalue weighted by atomic mass is 16.4. The number of para-hydroxylation sites is 1. The van der Waals surface area contributed by atoms with E-state index in [-0.39, 0.29) is 31.8 Å². The normalized spacial score (nSPS) is 15.0. The number of nitrogens with zero attached hydrogens (tertiary/aromatic N) is 5.